The summed E-state index contributed by atoms with van der Waals surface area (Å²) in [6, 6.07) is -0.201. The van der Waals surface area contributed by atoms with Crippen molar-refractivity contribution in [3.63, 3.8) is 0 Å². The number of unbranched alkanes of at least 4 members (excludes halogenated alkanes) is 1. The third kappa shape index (κ3) is 6.98. The van der Waals surface area contributed by atoms with Gasteiger partial charge in [0.05, 0.1) is 7.11 Å². The summed E-state index contributed by atoms with van der Waals surface area (Å²) in [7, 11) is 1.42. The van der Waals surface area contributed by atoms with Crippen molar-refractivity contribution in [3.05, 3.63) is 0 Å². The first-order valence-electron chi connectivity index (χ1n) is 5.36. The number of hydrogen-bond donors (Lipinski definition) is 1. The SMILES string of the molecule is C#CCCCNC(CC(C)C)C(=O)OC. The molecule has 0 rings (SSSR count). The molecule has 0 saturated heterocycles. The number of rotatable bonds is 7. The van der Waals surface area contributed by atoms with E-state index in [9.17, 15) is 4.79 Å². The average Bonchev–Trinajstić information content (AvgIpc) is 2.21. The predicted molar refractivity (Wildman–Crippen MR) is 61.3 cm³/mol. The summed E-state index contributed by atoms with van der Waals surface area (Å²) < 4.78 is 4.73. The Morgan fingerprint density at radius 2 is 2.20 bits per heavy atom. The van der Waals surface area contributed by atoms with Gasteiger partial charge in [-0.15, -0.1) is 12.3 Å². The Morgan fingerprint density at radius 1 is 1.53 bits per heavy atom. The molecule has 0 fully saturated rings. The number of carbonyl (C=O) groups excluding carboxylic acids is 1. The molecule has 0 aromatic heterocycles. The first-order chi connectivity index (χ1) is 7.11. The van der Waals surface area contributed by atoms with Crippen molar-refractivity contribution in [1.29, 1.82) is 0 Å². The maximum absolute atomic E-state index is 11.4. The van der Waals surface area contributed by atoms with Crippen LogP contribution in [-0.4, -0.2) is 25.7 Å². The topological polar surface area (TPSA) is 38.3 Å². The summed E-state index contributed by atoms with van der Waals surface area (Å²) in [5, 5.41) is 3.17. The lowest BCUT2D eigenvalue weighted by molar-refractivity contribution is -0.143. The van der Waals surface area contributed by atoms with Gasteiger partial charge in [-0.25, -0.2) is 0 Å². The van der Waals surface area contributed by atoms with Gasteiger partial charge in [-0.2, -0.15) is 0 Å². The van der Waals surface area contributed by atoms with Crippen molar-refractivity contribution in [3.8, 4) is 12.3 Å². The molecule has 0 spiro atoms. The van der Waals surface area contributed by atoms with E-state index in [0.29, 0.717) is 5.92 Å². The van der Waals surface area contributed by atoms with Crippen LogP contribution in [0.1, 0.15) is 33.1 Å². The van der Waals surface area contributed by atoms with E-state index in [0.717, 1.165) is 25.8 Å². The predicted octanol–water partition coefficient (Wildman–Crippen LogP) is 1.58. The zero-order chi connectivity index (χ0) is 11.7. The number of esters is 1. The molecule has 3 nitrogen and oxygen atoms in total. The van der Waals surface area contributed by atoms with E-state index < -0.39 is 0 Å². The van der Waals surface area contributed by atoms with Crippen LogP contribution in [0.2, 0.25) is 0 Å². The van der Waals surface area contributed by atoms with Crippen LogP contribution in [0.25, 0.3) is 0 Å². The second kappa shape index (κ2) is 8.31. The Labute approximate surface area is 92.6 Å². The molecule has 0 saturated carbocycles. The quantitative estimate of drug-likeness (QED) is 0.395. The lowest BCUT2D eigenvalue weighted by atomic mass is 10.0. The Bertz CT molecular complexity index is 218. The van der Waals surface area contributed by atoms with Crippen LogP contribution in [0.4, 0.5) is 0 Å². The standard InChI is InChI=1S/C12H21NO2/c1-5-6-7-8-13-11(9-10(2)3)12(14)15-4/h1,10-11,13H,6-9H2,2-4H3. The zero-order valence-electron chi connectivity index (χ0n) is 9.88. The first-order valence-corrected chi connectivity index (χ1v) is 5.36. The lowest BCUT2D eigenvalue weighted by Crippen LogP contribution is -2.39. The molecule has 86 valence electrons. The van der Waals surface area contributed by atoms with Crippen LogP contribution >= 0.6 is 0 Å². The zero-order valence-corrected chi connectivity index (χ0v) is 9.88. The summed E-state index contributed by atoms with van der Waals surface area (Å²) >= 11 is 0. The fourth-order valence-corrected chi connectivity index (χ4v) is 1.34. The van der Waals surface area contributed by atoms with Crippen molar-refractivity contribution in [2.75, 3.05) is 13.7 Å². The maximum Gasteiger partial charge on any atom is 0.322 e. The third-order valence-electron chi connectivity index (χ3n) is 2.08. The number of carbonyl (C=O) groups is 1. The average molecular weight is 211 g/mol. The van der Waals surface area contributed by atoms with Crippen LogP contribution in [0.3, 0.4) is 0 Å². The molecule has 0 radical (unpaired) electrons. The Hall–Kier alpha value is -1.01. The van der Waals surface area contributed by atoms with Gasteiger partial charge in [0.2, 0.25) is 0 Å². The van der Waals surface area contributed by atoms with E-state index in [1.54, 1.807) is 0 Å². The molecule has 0 bridgehead atoms. The third-order valence-corrected chi connectivity index (χ3v) is 2.08. The minimum absolute atomic E-state index is 0.190. The second-order valence-corrected chi connectivity index (χ2v) is 3.97. The molecule has 1 atom stereocenters. The van der Waals surface area contributed by atoms with E-state index in [1.807, 2.05) is 0 Å². The molecule has 0 amide bonds. The molecule has 0 heterocycles. The molecule has 1 N–H and O–H groups in total. The van der Waals surface area contributed by atoms with Crippen molar-refractivity contribution in [2.45, 2.75) is 39.2 Å². The van der Waals surface area contributed by atoms with E-state index in [-0.39, 0.29) is 12.0 Å². The maximum atomic E-state index is 11.4. The van der Waals surface area contributed by atoms with Gasteiger partial charge in [0.1, 0.15) is 6.04 Å². The number of methoxy groups -OCH3 is 1. The summed E-state index contributed by atoms with van der Waals surface area (Å²) in [6.45, 7) is 4.93. The number of hydrogen-bond acceptors (Lipinski definition) is 3. The van der Waals surface area contributed by atoms with Crippen molar-refractivity contribution in [1.82, 2.24) is 5.32 Å². The van der Waals surface area contributed by atoms with E-state index in [2.05, 4.69) is 25.1 Å². The van der Waals surface area contributed by atoms with Gasteiger partial charge in [0.25, 0.3) is 0 Å². The minimum atomic E-state index is -0.201. The van der Waals surface area contributed by atoms with Crippen LogP contribution in [-0.2, 0) is 9.53 Å². The highest BCUT2D eigenvalue weighted by atomic mass is 16.5. The van der Waals surface area contributed by atoms with Crippen molar-refractivity contribution < 1.29 is 9.53 Å². The highest BCUT2D eigenvalue weighted by Gasteiger charge is 2.18. The molecule has 15 heavy (non-hydrogen) atoms. The molecule has 0 aromatic carbocycles. The smallest absolute Gasteiger partial charge is 0.322 e. The van der Waals surface area contributed by atoms with Gasteiger partial charge in [-0.05, 0) is 25.3 Å². The van der Waals surface area contributed by atoms with Crippen LogP contribution in [0.15, 0.2) is 0 Å². The second-order valence-electron chi connectivity index (χ2n) is 3.97. The molecular weight excluding hydrogens is 190 g/mol. The summed E-state index contributed by atoms with van der Waals surface area (Å²) in [5.74, 6) is 2.85. The van der Waals surface area contributed by atoms with Gasteiger partial charge >= 0.3 is 5.97 Å². The van der Waals surface area contributed by atoms with Crippen LogP contribution in [0, 0.1) is 18.3 Å². The fourth-order valence-electron chi connectivity index (χ4n) is 1.34. The lowest BCUT2D eigenvalue weighted by Gasteiger charge is -2.17. The summed E-state index contributed by atoms with van der Waals surface area (Å²) in [6.07, 6.45) is 7.57. The number of ether oxygens (including phenoxy) is 1. The summed E-state index contributed by atoms with van der Waals surface area (Å²) in [5.41, 5.74) is 0. The Morgan fingerprint density at radius 3 is 2.67 bits per heavy atom. The van der Waals surface area contributed by atoms with Crippen LogP contribution < -0.4 is 5.32 Å². The fraction of sp³-hybridized carbons (Fsp3) is 0.750. The molecule has 3 heteroatoms. The van der Waals surface area contributed by atoms with Gasteiger partial charge in [-0.3, -0.25) is 4.79 Å². The van der Waals surface area contributed by atoms with Gasteiger partial charge in [0.15, 0.2) is 0 Å². The van der Waals surface area contributed by atoms with Gasteiger partial charge in [-0.1, -0.05) is 13.8 Å². The first kappa shape index (κ1) is 14.0. The molecule has 1 unspecified atom stereocenters. The largest absolute Gasteiger partial charge is 0.468 e. The molecule has 0 aromatic rings. The summed E-state index contributed by atoms with van der Waals surface area (Å²) in [4.78, 5) is 11.4. The molecule has 0 aliphatic heterocycles. The Kier molecular flexibility index (Phi) is 7.75. The monoisotopic (exact) mass is 211 g/mol. The minimum Gasteiger partial charge on any atom is -0.468 e. The van der Waals surface area contributed by atoms with Crippen LogP contribution in [0.5, 0.6) is 0 Å². The Balaban J connectivity index is 3.91. The van der Waals surface area contributed by atoms with Crippen molar-refractivity contribution in [2.24, 2.45) is 5.92 Å². The van der Waals surface area contributed by atoms with Crippen molar-refractivity contribution >= 4 is 5.97 Å². The molecular formula is C12H21NO2. The van der Waals surface area contributed by atoms with E-state index in [4.69, 9.17) is 11.2 Å². The van der Waals surface area contributed by atoms with Gasteiger partial charge < -0.3 is 10.1 Å². The highest BCUT2D eigenvalue weighted by Crippen LogP contribution is 2.06. The number of nitrogens with one attached hydrogen (secondary N) is 1. The molecule has 0 aliphatic carbocycles. The molecule has 0 aliphatic rings. The van der Waals surface area contributed by atoms with Gasteiger partial charge in [0, 0.05) is 6.42 Å². The van der Waals surface area contributed by atoms with E-state index >= 15 is 0 Å². The number of terminal acetylenes is 1. The van der Waals surface area contributed by atoms with E-state index in [1.165, 1.54) is 7.11 Å². The highest BCUT2D eigenvalue weighted by molar-refractivity contribution is 5.75. The normalized spacial score (nSPS) is 12.2.